The van der Waals surface area contributed by atoms with Gasteiger partial charge in [-0.05, 0) is 37.8 Å². The van der Waals surface area contributed by atoms with Gasteiger partial charge in [-0.2, -0.15) is 0 Å². The van der Waals surface area contributed by atoms with Gasteiger partial charge in [-0.1, -0.05) is 13.0 Å². The molecule has 0 aliphatic heterocycles. The molecule has 88 valence electrons. The molecule has 0 unspecified atom stereocenters. The maximum Gasteiger partial charge on any atom is 0.129 e. The van der Waals surface area contributed by atoms with E-state index in [-0.39, 0.29) is 6.61 Å². The van der Waals surface area contributed by atoms with Crippen molar-refractivity contribution >= 4 is 5.82 Å². The molecule has 0 radical (unpaired) electrons. The topological polar surface area (TPSA) is 36.4 Å². The zero-order chi connectivity index (χ0) is 11.5. The number of anilines is 1. The van der Waals surface area contributed by atoms with Crippen LogP contribution in [0.1, 0.15) is 37.4 Å². The molecule has 0 aromatic carbocycles. The highest BCUT2D eigenvalue weighted by Gasteiger charge is 2.29. The Morgan fingerprint density at radius 2 is 2.19 bits per heavy atom. The number of pyridine rings is 1. The summed E-state index contributed by atoms with van der Waals surface area (Å²) in [6.45, 7) is 5.32. The molecule has 0 amide bonds. The Kier molecular flexibility index (Phi) is 3.44. The van der Waals surface area contributed by atoms with Gasteiger partial charge in [0, 0.05) is 18.3 Å². The van der Waals surface area contributed by atoms with E-state index in [9.17, 15) is 0 Å². The zero-order valence-electron chi connectivity index (χ0n) is 10.1. The highest BCUT2D eigenvalue weighted by Crippen LogP contribution is 2.31. The molecule has 2 rings (SSSR count). The van der Waals surface area contributed by atoms with Crippen molar-refractivity contribution in [3.8, 4) is 0 Å². The van der Waals surface area contributed by atoms with E-state index in [0.717, 1.165) is 30.0 Å². The molecule has 1 aromatic rings. The van der Waals surface area contributed by atoms with Gasteiger partial charge in [0.1, 0.15) is 5.82 Å². The minimum absolute atomic E-state index is 0.0797. The zero-order valence-corrected chi connectivity index (χ0v) is 10.1. The highest BCUT2D eigenvalue weighted by atomic mass is 16.3. The van der Waals surface area contributed by atoms with E-state index < -0.39 is 0 Å². The lowest BCUT2D eigenvalue weighted by Crippen LogP contribution is -2.27. The molecule has 1 N–H and O–H groups in total. The summed E-state index contributed by atoms with van der Waals surface area (Å²) in [7, 11) is 0. The Morgan fingerprint density at radius 3 is 2.69 bits per heavy atom. The summed E-state index contributed by atoms with van der Waals surface area (Å²) < 4.78 is 0. The summed E-state index contributed by atoms with van der Waals surface area (Å²) in [5.74, 6) is 1.07. The molecular formula is C13H20N2O. The van der Waals surface area contributed by atoms with Crippen LogP contribution in [0.2, 0.25) is 0 Å². The molecule has 0 saturated heterocycles. The normalized spacial score (nSPS) is 15.2. The fourth-order valence-corrected chi connectivity index (χ4v) is 2.01. The monoisotopic (exact) mass is 220 g/mol. The van der Waals surface area contributed by atoms with E-state index in [0.29, 0.717) is 6.04 Å². The van der Waals surface area contributed by atoms with Gasteiger partial charge < -0.3 is 10.0 Å². The predicted molar refractivity (Wildman–Crippen MR) is 65.6 cm³/mol. The van der Waals surface area contributed by atoms with Crippen molar-refractivity contribution in [2.75, 3.05) is 11.4 Å². The van der Waals surface area contributed by atoms with Gasteiger partial charge in [-0.25, -0.2) is 4.98 Å². The number of aliphatic hydroxyl groups excluding tert-OH is 1. The minimum atomic E-state index is 0.0797. The summed E-state index contributed by atoms with van der Waals surface area (Å²) in [6.07, 6.45) is 3.74. The van der Waals surface area contributed by atoms with Crippen LogP contribution in [0.5, 0.6) is 0 Å². The quantitative estimate of drug-likeness (QED) is 0.827. The van der Waals surface area contributed by atoms with Crippen LogP contribution in [-0.4, -0.2) is 22.7 Å². The van der Waals surface area contributed by atoms with Crippen LogP contribution in [0.4, 0.5) is 5.82 Å². The van der Waals surface area contributed by atoms with Crippen LogP contribution >= 0.6 is 0 Å². The van der Waals surface area contributed by atoms with E-state index >= 15 is 0 Å². The standard InChI is InChI=1S/C13H20N2O/c1-3-8-15(12-5-6-12)13-7-4-11(9-16)10(2)14-13/h4,7,12,16H,3,5-6,8-9H2,1-2H3. The van der Waals surface area contributed by atoms with Gasteiger partial charge in [-0.15, -0.1) is 0 Å². The molecule has 16 heavy (non-hydrogen) atoms. The number of rotatable bonds is 5. The number of aryl methyl sites for hydroxylation is 1. The van der Waals surface area contributed by atoms with Gasteiger partial charge in [0.2, 0.25) is 0 Å². The molecule has 3 nitrogen and oxygen atoms in total. The fraction of sp³-hybridized carbons (Fsp3) is 0.615. The maximum atomic E-state index is 9.12. The number of aromatic nitrogens is 1. The van der Waals surface area contributed by atoms with Gasteiger partial charge >= 0.3 is 0 Å². The minimum Gasteiger partial charge on any atom is -0.392 e. The average molecular weight is 220 g/mol. The van der Waals surface area contributed by atoms with E-state index in [1.165, 1.54) is 12.8 Å². The van der Waals surface area contributed by atoms with E-state index in [1.807, 2.05) is 19.1 Å². The third kappa shape index (κ3) is 2.35. The smallest absolute Gasteiger partial charge is 0.129 e. The van der Waals surface area contributed by atoms with E-state index in [1.54, 1.807) is 0 Å². The Labute approximate surface area is 97.1 Å². The summed E-state index contributed by atoms with van der Waals surface area (Å²) in [6, 6.07) is 4.72. The van der Waals surface area contributed by atoms with Crippen molar-refractivity contribution in [3.63, 3.8) is 0 Å². The highest BCUT2D eigenvalue weighted by molar-refractivity contribution is 5.44. The van der Waals surface area contributed by atoms with Crippen molar-refractivity contribution in [2.24, 2.45) is 0 Å². The van der Waals surface area contributed by atoms with E-state index in [2.05, 4.69) is 16.8 Å². The van der Waals surface area contributed by atoms with Gasteiger partial charge in [0.25, 0.3) is 0 Å². The maximum absolute atomic E-state index is 9.12. The van der Waals surface area contributed by atoms with Gasteiger partial charge in [0.15, 0.2) is 0 Å². The second kappa shape index (κ2) is 4.83. The van der Waals surface area contributed by atoms with Crippen LogP contribution in [0, 0.1) is 6.92 Å². The summed E-state index contributed by atoms with van der Waals surface area (Å²) >= 11 is 0. The van der Waals surface area contributed by atoms with Crippen LogP contribution in [-0.2, 0) is 6.61 Å². The molecule has 1 aliphatic carbocycles. The Morgan fingerprint density at radius 1 is 1.44 bits per heavy atom. The van der Waals surface area contributed by atoms with Crippen molar-refractivity contribution in [1.29, 1.82) is 0 Å². The second-order valence-electron chi connectivity index (χ2n) is 4.50. The van der Waals surface area contributed by atoms with Crippen molar-refractivity contribution in [3.05, 3.63) is 23.4 Å². The van der Waals surface area contributed by atoms with Crippen LogP contribution in [0.25, 0.3) is 0 Å². The summed E-state index contributed by atoms with van der Waals surface area (Å²) in [5, 5.41) is 9.12. The first-order chi connectivity index (χ1) is 7.76. The lowest BCUT2D eigenvalue weighted by atomic mass is 10.2. The number of hydrogen-bond donors (Lipinski definition) is 1. The molecule has 0 bridgehead atoms. The summed E-state index contributed by atoms with van der Waals surface area (Å²) in [4.78, 5) is 6.99. The van der Waals surface area contributed by atoms with Crippen LogP contribution in [0.15, 0.2) is 12.1 Å². The Bertz CT molecular complexity index is 361. The van der Waals surface area contributed by atoms with Crippen molar-refractivity contribution < 1.29 is 5.11 Å². The van der Waals surface area contributed by atoms with Crippen LogP contribution in [0.3, 0.4) is 0 Å². The predicted octanol–water partition coefficient (Wildman–Crippen LogP) is 2.26. The number of nitrogens with zero attached hydrogens (tertiary/aromatic N) is 2. The largest absolute Gasteiger partial charge is 0.392 e. The molecule has 0 spiro atoms. The molecule has 1 heterocycles. The molecule has 1 aliphatic rings. The molecule has 1 fully saturated rings. The first-order valence-electron chi connectivity index (χ1n) is 6.10. The molecule has 0 atom stereocenters. The lowest BCUT2D eigenvalue weighted by molar-refractivity contribution is 0.280. The van der Waals surface area contributed by atoms with Gasteiger partial charge in [-0.3, -0.25) is 0 Å². The SMILES string of the molecule is CCCN(c1ccc(CO)c(C)n1)C1CC1. The Balaban J connectivity index is 2.20. The molecule has 1 saturated carbocycles. The van der Waals surface area contributed by atoms with Gasteiger partial charge in [0.05, 0.1) is 6.61 Å². The molecule has 3 heteroatoms. The third-order valence-electron chi connectivity index (χ3n) is 3.10. The van der Waals surface area contributed by atoms with Crippen molar-refractivity contribution in [2.45, 2.75) is 45.8 Å². The van der Waals surface area contributed by atoms with E-state index in [4.69, 9.17) is 5.11 Å². The number of aliphatic hydroxyl groups is 1. The third-order valence-corrected chi connectivity index (χ3v) is 3.10. The first kappa shape index (κ1) is 11.4. The number of hydrogen-bond acceptors (Lipinski definition) is 3. The Hall–Kier alpha value is -1.09. The molecular weight excluding hydrogens is 200 g/mol. The lowest BCUT2D eigenvalue weighted by Gasteiger charge is -2.23. The summed E-state index contributed by atoms with van der Waals surface area (Å²) in [5.41, 5.74) is 1.87. The van der Waals surface area contributed by atoms with Crippen molar-refractivity contribution in [1.82, 2.24) is 4.98 Å². The first-order valence-corrected chi connectivity index (χ1v) is 6.10. The fourth-order valence-electron chi connectivity index (χ4n) is 2.01. The average Bonchev–Trinajstić information content (AvgIpc) is 3.09. The van der Waals surface area contributed by atoms with Crippen LogP contribution < -0.4 is 4.90 Å². The second-order valence-corrected chi connectivity index (χ2v) is 4.50. The molecule has 1 aromatic heterocycles.